The van der Waals surface area contributed by atoms with Crippen LogP contribution in [0.2, 0.25) is 0 Å². The lowest BCUT2D eigenvalue weighted by atomic mass is 9.61. The van der Waals surface area contributed by atoms with Crippen molar-refractivity contribution in [1.29, 1.82) is 0 Å². The first-order valence-corrected chi connectivity index (χ1v) is 7.41. The van der Waals surface area contributed by atoms with E-state index in [0.717, 1.165) is 19.5 Å². The molecule has 4 atom stereocenters. The Labute approximate surface area is 118 Å². The Balaban J connectivity index is 2.40. The van der Waals surface area contributed by atoms with E-state index in [1.165, 1.54) is 6.42 Å². The van der Waals surface area contributed by atoms with Crippen LogP contribution in [0, 0.1) is 17.3 Å². The molecule has 3 N–H and O–H groups in total. The Kier molecular flexibility index (Phi) is 6.74. The molecule has 0 aliphatic heterocycles. The third kappa shape index (κ3) is 4.42. The molecule has 0 heterocycles. The Morgan fingerprint density at radius 2 is 2.00 bits per heavy atom. The minimum atomic E-state index is 0.136. The summed E-state index contributed by atoms with van der Waals surface area (Å²) in [6.07, 6.45) is 2.49. The zero-order chi connectivity index (χ0) is 14.5. The van der Waals surface area contributed by atoms with Crippen molar-refractivity contribution in [3.05, 3.63) is 0 Å². The number of nitrogens with one attached hydrogen (secondary N) is 1. The minimum Gasteiger partial charge on any atom is -0.382 e. The van der Waals surface area contributed by atoms with Gasteiger partial charge >= 0.3 is 0 Å². The van der Waals surface area contributed by atoms with E-state index in [1.54, 1.807) is 14.2 Å². The van der Waals surface area contributed by atoms with E-state index < -0.39 is 0 Å². The van der Waals surface area contributed by atoms with Crippen LogP contribution < -0.4 is 11.1 Å². The molecule has 1 fully saturated rings. The highest BCUT2D eigenvalue weighted by molar-refractivity contribution is 4.94. The van der Waals surface area contributed by atoms with Gasteiger partial charge in [0.05, 0.1) is 12.7 Å². The molecule has 4 unspecified atom stereocenters. The molecule has 4 nitrogen and oxygen atoms in total. The van der Waals surface area contributed by atoms with Gasteiger partial charge in [-0.1, -0.05) is 20.8 Å². The number of methoxy groups -OCH3 is 2. The average molecular weight is 272 g/mol. The molecule has 0 aromatic rings. The van der Waals surface area contributed by atoms with Gasteiger partial charge in [-0.15, -0.1) is 0 Å². The maximum absolute atomic E-state index is 6.20. The molecule has 0 bridgehead atoms. The summed E-state index contributed by atoms with van der Waals surface area (Å²) in [6, 6.07) is 0.353. The van der Waals surface area contributed by atoms with Gasteiger partial charge in [0.25, 0.3) is 0 Å². The first-order chi connectivity index (χ1) is 8.93. The summed E-state index contributed by atoms with van der Waals surface area (Å²) >= 11 is 0. The molecule has 0 aromatic carbocycles. The SMILES string of the molecule is COCC(CNCC1CCC(N)C(C)C1(C)C)OC. The molecule has 1 aliphatic carbocycles. The summed E-state index contributed by atoms with van der Waals surface area (Å²) in [5.41, 5.74) is 6.50. The van der Waals surface area contributed by atoms with Gasteiger partial charge in [0.2, 0.25) is 0 Å². The fourth-order valence-electron chi connectivity index (χ4n) is 3.12. The Hall–Kier alpha value is -0.160. The first kappa shape index (κ1) is 16.9. The lowest BCUT2D eigenvalue weighted by Gasteiger charge is -2.47. The molecule has 19 heavy (non-hydrogen) atoms. The average Bonchev–Trinajstić information content (AvgIpc) is 2.38. The third-order valence-electron chi connectivity index (χ3n) is 5.17. The van der Waals surface area contributed by atoms with E-state index in [0.29, 0.717) is 29.9 Å². The van der Waals surface area contributed by atoms with Gasteiger partial charge in [0.1, 0.15) is 0 Å². The lowest BCUT2D eigenvalue weighted by Crippen LogP contribution is -2.50. The molecule has 114 valence electrons. The fraction of sp³-hybridized carbons (Fsp3) is 1.00. The van der Waals surface area contributed by atoms with Crippen LogP contribution in [0.5, 0.6) is 0 Å². The van der Waals surface area contributed by atoms with Crippen LogP contribution in [0.3, 0.4) is 0 Å². The summed E-state index contributed by atoms with van der Waals surface area (Å²) in [5, 5.41) is 3.54. The first-order valence-electron chi connectivity index (χ1n) is 7.41. The van der Waals surface area contributed by atoms with Crippen LogP contribution in [-0.2, 0) is 9.47 Å². The van der Waals surface area contributed by atoms with Crippen LogP contribution in [0.1, 0.15) is 33.6 Å². The van der Waals surface area contributed by atoms with Gasteiger partial charge < -0.3 is 20.5 Å². The van der Waals surface area contributed by atoms with Crippen molar-refractivity contribution >= 4 is 0 Å². The highest BCUT2D eigenvalue weighted by Crippen LogP contribution is 2.43. The van der Waals surface area contributed by atoms with Crippen molar-refractivity contribution < 1.29 is 9.47 Å². The zero-order valence-electron chi connectivity index (χ0n) is 13.2. The summed E-state index contributed by atoms with van der Waals surface area (Å²) < 4.78 is 10.5. The van der Waals surface area contributed by atoms with Crippen LogP contribution in [0.25, 0.3) is 0 Å². The maximum atomic E-state index is 6.20. The Morgan fingerprint density at radius 1 is 1.32 bits per heavy atom. The number of nitrogens with two attached hydrogens (primary N) is 1. The monoisotopic (exact) mass is 272 g/mol. The maximum Gasteiger partial charge on any atom is 0.0928 e. The summed E-state index contributed by atoms with van der Waals surface area (Å²) in [7, 11) is 3.44. The highest BCUT2D eigenvalue weighted by Gasteiger charge is 2.41. The predicted molar refractivity (Wildman–Crippen MR) is 79.2 cm³/mol. The van der Waals surface area contributed by atoms with Gasteiger partial charge in [-0.05, 0) is 36.6 Å². The molecular weight excluding hydrogens is 240 g/mol. The van der Waals surface area contributed by atoms with Crippen molar-refractivity contribution in [2.24, 2.45) is 23.0 Å². The summed E-state index contributed by atoms with van der Waals surface area (Å²) in [5.74, 6) is 1.26. The quantitative estimate of drug-likeness (QED) is 0.740. The molecule has 1 saturated carbocycles. The van der Waals surface area contributed by atoms with E-state index in [2.05, 4.69) is 26.1 Å². The molecule has 0 saturated heterocycles. The normalized spacial score (nSPS) is 32.2. The molecule has 0 amide bonds. The number of rotatable bonds is 7. The molecule has 0 aromatic heterocycles. The second-order valence-electron chi connectivity index (χ2n) is 6.52. The van der Waals surface area contributed by atoms with Crippen LogP contribution in [0.4, 0.5) is 0 Å². The molecule has 0 spiro atoms. The molecule has 4 heteroatoms. The topological polar surface area (TPSA) is 56.5 Å². The van der Waals surface area contributed by atoms with Crippen molar-refractivity contribution in [2.75, 3.05) is 33.9 Å². The molecular formula is C15H32N2O2. The molecule has 1 rings (SSSR count). The minimum absolute atomic E-state index is 0.136. The van der Waals surface area contributed by atoms with Crippen molar-refractivity contribution in [1.82, 2.24) is 5.32 Å². The van der Waals surface area contributed by atoms with Gasteiger partial charge in [-0.3, -0.25) is 0 Å². The Morgan fingerprint density at radius 3 is 2.58 bits per heavy atom. The van der Waals surface area contributed by atoms with E-state index in [1.807, 2.05) is 0 Å². The summed E-state index contributed by atoms with van der Waals surface area (Å²) in [4.78, 5) is 0. The Bertz CT molecular complexity index is 259. The highest BCUT2D eigenvalue weighted by atomic mass is 16.5. The standard InChI is InChI=1S/C15H32N2O2/c1-11-14(16)7-6-12(15(11,2)3)8-17-9-13(19-5)10-18-4/h11-14,17H,6-10,16H2,1-5H3. The van der Waals surface area contributed by atoms with Crippen LogP contribution in [0.15, 0.2) is 0 Å². The van der Waals surface area contributed by atoms with Crippen LogP contribution in [-0.4, -0.2) is 46.1 Å². The summed E-state index contributed by atoms with van der Waals surface area (Å²) in [6.45, 7) is 9.52. The van der Waals surface area contributed by atoms with Crippen molar-refractivity contribution in [2.45, 2.75) is 45.8 Å². The van der Waals surface area contributed by atoms with Crippen molar-refractivity contribution in [3.8, 4) is 0 Å². The van der Waals surface area contributed by atoms with Gasteiger partial charge in [-0.2, -0.15) is 0 Å². The number of hydrogen-bond acceptors (Lipinski definition) is 4. The fourth-order valence-corrected chi connectivity index (χ4v) is 3.12. The van der Waals surface area contributed by atoms with E-state index in [4.69, 9.17) is 15.2 Å². The second-order valence-corrected chi connectivity index (χ2v) is 6.52. The van der Waals surface area contributed by atoms with Gasteiger partial charge in [-0.25, -0.2) is 0 Å². The van der Waals surface area contributed by atoms with Crippen molar-refractivity contribution in [3.63, 3.8) is 0 Å². The predicted octanol–water partition coefficient (Wildman–Crippen LogP) is 1.64. The largest absolute Gasteiger partial charge is 0.382 e. The number of ether oxygens (including phenoxy) is 2. The smallest absolute Gasteiger partial charge is 0.0928 e. The lowest BCUT2D eigenvalue weighted by molar-refractivity contribution is 0.0216. The van der Waals surface area contributed by atoms with Crippen LogP contribution >= 0.6 is 0 Å². The zero-order valence-corrected chi connectivity index (χ0v) is 13.2. The van der Waals surface area contributed by atoms with E-state index >= 15 is 0 Å². The van der Waals surface area contributed by atoms with E-state index in [9.17, 15) is 0 Å². The second kappa shape index (κ2) is 7.58. The molecule has 0 radical (unpaired) electrons. The van der Waals surface area contributed by atoms with Gasteiger partial charge in [0, 0.05) is 26.8 Å². The molecule has 1 aliphatic rings. The third-order valence-corrected chi connectivity index (χ3v) is 5.17. The van der Waals surface area contributed by atoms with E-state index in [-0.39, 0.29) is 6.10 Å². The van der Waals surface area contributed by atoms with Gasteiger partial charge in [0.15, 0.2) is 0 Å². The number of hydrogen-bond donors (Lipinski definition) is 2.